The van der Waals surface area contributed by atoms with E-state index < -0.39 is 0 Å². The summed E-state index contributed by atoms with van der Waals surface area (Å²) in [5.41, 5.74) is 1.20. The predicted molar refractivity (Wildman–Crippen MR) is 190 cm³/mol. The van der Waals surface area contributed by atoms with Gasteiger partial charge in [0, 0.05) is 49.2 Å². The lowest BCUT2D eigenvalue weighted by Gasteiger charge is -2.34. The number of ether oxygens (including phenoxy) is 2. The molecule has 0 bridgehead atoms. The third-order valence-corrected chi connectivity index (χ3v) is 8.13. The fraction of sp³-hybridized carbons (Fsp3) is 0.324. The van der Waals surface area contributed by atoms with Crippen molar-refractivity contribution in [2.75, 3.05) is 32.8 Å². The second-order valence-corrected chi connectivity index (χ2v) is 12.0. The van der Waals surface area contributed by atoms with E-state index in [-0.39, 0.29) is 36.5 Å². The Hall–Kier alpha value is -5.00. The average molecular weight is 685 g/mol. The highest BCUT2D eigenvalue weighted by Gasteiger charge is 2.25. The number of halogens is 1. The highest BCUT2D eigenvalue weighted by Crippen LogP contribution is 2.27. The molecule has 1 aliphatic rings. The van der Waals surface area contributed by atoms with Gasteiger partial charge in [0.25, 0.3) is 11.5 Å². The van der Waals surface area contributed by atoms with Crippen LogP contribution in [0.2, 0.25) is 5.02 Å². The van der Waals surface area contributed by atoms with E-state index in [2.05, 4.69) is 9.88 Å². The maximum absolute atomic E-state index is 14.2. The first-order valence-corrected chi connectivity index (χ1v) is 16.8. The molecule has 0 spiro atoms. The number of para-hydroxylation sites is 1. The number of nitrogens with zero attached hydrogens (tertiary/aromatic N) is 6. The number of rotatable bonds is 11. The van der Waals surface area contributed by atoms with Crippen molar-refractivity contribution in [2.45, 2.75) is 46.9 Å². The first-order chi connectivity index (χ1) is 23.7. The Balaban J connectivity index is 0.00000230. The maximum atomic E-state index is 14.2. The molecular formula is C37H41ClN6O5. The SMILES string of the molecule is CC.CC(C)Oc1ccc(C(=O)Cn2ccnc2)cc1-n1c(CN2CCN(C(=O)COc3ccc(Cl)cc3)CC2)nc2ccccc2c1=O. The van der Waals surface area contributed by atoms with E-state index in [0.717, 1.165) is 0 Å². The van der Waals surface area contributed by atoms with Crippen LogP contribution < -0.4 is 15.0 Å². The number of ketones is 1. The molecule has 1 amide bonds. The second kappa shape index (κ2) is 16.4. The summed E-state index contributed by atoms with van der Waals surface area (Å²) in [5.74, 6) is 1.32. The molecule has 11 nitrogen and oxygen atoms in total. The molecule has 5 aromatic rings. The molecule has 1 saturated heterocycles. The van der Waals surface area contributed by atoms with Gasteiger partial charge in [-0.05, 0) is 68.4 Å². The molecule has 0 N–H and O–H groups in total. The van der Waals surface area contributed by atoms with Crippen LogP contribution in [-0.2, 0) is 17.9 Å². The molecule has 3 heterocycles. The van der Waals surface area contributed by atoms with Gasteiger partial charge in [0.05, 0.1) is 42.1 Å². The number of amides is 1. The topological polar surface area (TPSA) is 112 Å². The molecule has 6 rings (SSSR count). The number of Topliss-reactive ketones (excluding diaryl/α,β-unsaturated/α-hetero) is 1. The number of hydrogen-bond donors (Lipinski definition) is 0. The Labute approximate surface area is 290 Å². The van der Waals surface area contributed by atoms with Crippen molar-refractivity contribution in [3.05, 3.63) is 112 Å². The molecule has 0 aliphatic carbocycles. The van der Waals surface area contributed by atoms with Gasteiger partial charge in [-0.25, -0.2) is 9.97 Å². The molecule has 256 valence electrons. The van der Waals surface area contributed by atoms with E-state index in [4.69, 9.17) is 26.1 Å². The molecular weight excluding hydrogens is 644 g/mol. The van der Waals surface area contributed by atoms with E-state index >= 15 is 0 Å². The van der Waals surface area contributed by atoms with Crippen LogP contribution in [0.25, 0.3) is 16.6 Å². The number of aromatic nitrogens is 4. The van der Waals surface area contributed by atoms with E-state index in [1.165, 1.54) is 0 Å². The number of benzene rings is 3. The Morgan fingerprint density at radius 2 is 1.69 bits per heavy atom. The van der Waals surface area contributed by atoms with Crippen LogP contribution in [0.15, 0.2) is 90.2 Å². The van der Waals surface area contributed by atoms with Gasteiger partial charge in [0.2, 0.25) is 0 Å². The summed E-state index contributed by atoms with van der Waals surface area (Å²) in [5, 5.41) is 1.06. The third-order valence-electron chi connectivity index (χ3n) is 7.88. The number of piperazine rings is 1. The zero-order valence-electron chi connectivity index (χ0n) is 28.2. The predicted octanol–water partition coefficient (Wildman–Crippen LogP) is 5.66. The molecule has 1 aliphatic heterocycles. The molecule has 0 saturated carbocycles. The third kappa shape index (κ3) is 8.73. The summed E-state index contributed by atoms with van der Waals surface area (Å²) in [6.07, 6.45) is 4.76. The highest BCUT2D eigenvalue weighted by atomic mass is 35.5. The van der Waals surface area contributed by atoms with Crippen LogP contribution in [0, 0.1) is 0 Å². The van der Waals surface area contributed by atoms with Crippen LogP contribution in [0.5, 0.6) is 11.5 Å². The summed E-state index contributed by atoms with van der Waals surface area (Å²) in [7, 11) is 0. The summed E-state index contributed by atoms with van der Waals surface area (Å²) in [6.45, 7) is 10.4. The van der Waals surface area contributed by atoms with Crippen molar-refractivity contribution in [1.29, 1.82) is 0 Å². The lowest BCUT2D eigenvalue weighted by atomic mass is 10.1. The number of hydrogen-bond acceptors (Lipinski definition) is 8. The smallest absolute Gasteiger partial charge is 0.266 e. The van der Waals surface area contributed by atoms with Crippen LogP contribution in [0.4, 0.5) is 0 Å². The van der Waals surface area contributed by atoms with E-state index in [0.29, 0.717) is 77.2 Å². The zero-order valence-corrected chi connectivity index (χ0v) is 29.0. The van der Waals surface area contributed by atoms with Crippen molar-refractivity contribution in [2.24, 2.45) is 0 Å². The number of fused-ring (bicyclic) bond motifs is 1. The number of carbonyl (C=O) groups excluding carboxylic acids is 2. The molecule has 2 aromatic heterocycles. The lowest BCUT2D eigenvalue weighted by Crippen LogP contribution is -2.50. The average Bonchev–Trinajstić information content (AvgIpc) is 3.62. The van der Waals surface area contributed by atoms with E-state index in [1.54, 1.807) is 87.4 Å². The Bertz CT molecular complexity index is 1930. The van der Waals surface area contributed by atoms with E-state index in [9.17, 15) is 14.4 Å². The fourth-order valence-electron chi connectivity index (χ4n) is 5.51. The van der Waals surface area contributed by atoms with Crippen molar-refractivity contribution in [3.63, 3.8) is 0 Å². The van der Waals surface area contributed by atoms with Crippen LogP contribution >= 0.6 is 11.6 Å². The number of imidazole rings is 1. The van der Waals surface area contributed by atoms with Gasteiger partial charge >= 0.3 is 0 Å². The standard InChI is InChI=1S/C35H35ClN6O5.C2H6/c1-24(2)47-32-12-7-25(31(43)20-40-14-13-37-23-40)19-30(32)42-33(38-29-6-4-3-5-28(29)35(42)45)21-39-15-17-41(18-16-39)34(44)22-46-27-10-8-26(36)9-11-27;1-2/h3-14,19,23-24H,15-18,20-22H2,1-2H3;1-2H3. The molecule has 0 radical (unpaired) electrons. The van der Waals surface area contributed by atoms with Gasteiger partial charge in [-0.1, -0.05) is 37.6 Å². The minimum atomic E-state index is -0.258. The largest absolute Gasteiger partial charge is 0.489 e. The zero-order chi connectivity index (χ0) is 34.9. The summed E-state index contributed by atoms with van der Waals surface area (Å²) >= 11 is 5.94. The second-order valence-electron chi connectivity index (χ2n) is 11.6. The fourth-order valence-corrected chi connectivity index (χ4v) is 5.64. The van der Waals surface area contributed by atoms with Crippen LogP contribution in [0.1, 0.15) is 43.9 Å². The Kier molecular flexibility index (Phi) is 11.8. The maximum Gasteiger partial charge on any atom is 0.266 e. The lowest BCUT2D eigenvalue weighted by molar-refractivity contribution is -0.135. The van der Waals surface area contributed by atoms with Crippen LogP contribution in [-0.4, -0.2) is 79.5 Å². The van der Waals surface area contributed by atoms with E-state index in [1.807, 2.05) is 39.8 Å². The van der Waals surface area contributed by atoms with Gasteiger partial charge in [-0.2, -0.15) is 0 Å². The minimum Gasteiger partial charge on any atom is -0.489 e. The van der Waals surface area contributed by atoms with Gasteiger partial charge in [-0.15, -0.1) is 0 Å². The quantitative estimate of drug-likeness (QED) is 0.164. The van der Waals surface area contributed by atoms with Crippen molar-refractivity contribution < 1.29 is 19.1 Å². The van der Waals surface area contributed by atoms with Gasteiger partial charge in [0.15, 0.2) is 12.4 Å². The molecule has 0 unspecified atom stereocenters. The van der Waals surface area contributed by atoms with Crippen molar-refractivity contribution in [1.82, 2.24) is 28.9 Å². The number of carbonyl (C=O) groups is 2. The molecule has 49 heavy (non-hydrogen) atoms. The monoisotopic (exact) mass is 684 g/mol. The Morgan fingerprint density at radius 1 is 0.959 bits per heavy atom. The summed E-state index contributed by atoms with van der Waals surface area (Å²) in [6, 6.07) is 19.3. The van der Waals surface area contributed by atoms with Crippen molar-refractivity contribution in [3.8, 4) is 17.2 Å². The molecule has 12 heteroatoms. The van der Waals surface area contributed by atoms with Gasteiger partial charge in [0.1, 0.15) is 17.3 Å². The summed E-state index contributed by atoms with van der Waals surface area (Å²) in [4.78, 5) is 53.3. The molecule has 1 fully saturated rings. The van der Waals surface area contributed by atoms with Crippen LogP contribution in [0.3, 0.4) is 0 Å². The summed E-state index contributed by atoms with van der Waals surface area (Å²) < 4.78 is 15.1. The molecule has 3 aromatic carbocycles. The highest BCUT2D eigenvalue weighted by molar-refractivity contribution is 6.30. The van der Waals surface area contributed by atoms with Gasteiger partial charge < -0.3 is 18.9 Å². The molecule has 0 atom stereocenters. The van der Waals surface area contributed by atoms with Crippen molar-refractivity contribution >= 4 is 34.2 Å². The Morgan fingerprint density at radius 3 is 2.39 bits per heavy atom. The normalized spacial score (nSPS) is 13.2. The first-order valence-electron chi connectivity index (χ1n) is 16.4. The first kappa shape index (κ1) is 35.3. The minimum absolute atomic E-state index is 0.0675. The van der Waals surface area contributed by atoms with Gasteiger partial charge in [-0.3, -0.25) is 23.9 Å².